The van der Waals surface area contributed by atoms with Gasteiger partial charge in [-0.3, -0.25) is 4.99 Å². The molecule has 0 amide bonds. The van der Waals surface area contributed by atoms with E-state index in [4.69, 9.17) is 5.73 Å². The molecular formula is C15H13BrFN3. The van der Waals surface area contributed by atoms with Gasteiger partial charge in [-0.25, -0.2) is 4.39 Å². The molecular weight excluding hydrogens is 321 g/mol. The van der Waals surface area contributed by atoms with E-state index in [1.165, 1.54) is 6.07 Å². The third-order valence-electron chi connectivity index (χ3n) is 3.34. The molecule has 3 nitrogen and oxygen atoms in total. The number of guanidine groups is 1. The quantitative estimate of drug-likeness (QED) is 0.914. The van der Waals surface area contributed by atoms with Gasteiger partial charge in [0.25, 0.3) is 0 Å². The Kier molecular flexibility index (Phi) is 3.44. The van der Waals surface area contributed by atoms with Gasteiger partial charge >= 0.3 is 0 Å². The van der Waals surface area contributed by atoms with Crippen LogP contribution < -0.4 is 10.6 Å². The zero-order chi connectivity index (χ0) is 14.1. The summed E-state index contributed by atoms with van der Waals surface area (Å²) in [4.78, 5) is 6.13. The Morgan fingerprint density at radius 3 is 2.75 bits per heavy atom. The van der Waals surface area contributed by atoms with Crippen LogP contribution in [0.3, 0.4) is 0 Å². The van der Waals surface area contributed by atoms with E-state index in [2.05, 4.69) is 20.9 Å². The van der Waals surface area contributed by atoms with Crippen molar-refractivity contribution in [3.8, 4) is 0 Å². The molecule has 1 atom stereocenters. The zero-order valence-corrected chi connectivity index (χ0v) is 12.2. The standard InChI is InChI=1S/C15H13BrFN3/c16-10-4-3-5-11(8-10)20-14(9-19-15(20)18)12-6-1-2-7-13(12)17/h1-8,14H,9H2,(H2,18,19). The lowest BCUT2D eigenvalue weighted by molar-refractivity contribution is 0.589. The molecule has 20 heavy (non-hydrogen) atoms. The summed E-state index contributed by atoms with van der Waals surface area (Å²) in [6.07, 6.45) is 0. The van der Waals surface area contributed by atoms with Gasteiger partial charge in [0.2, 0.25) is 0 Å². The van der Waals surface area contributed by atoms with Crippen LogP contribution in [0.5, 0.6) is 0 Å². The normalized spacial score (nSPS) is 18.2. The van der Waals surface area contributed by atoms with Crippen molar-refractivity contribution >= 4 is 27.6 Å². The minimum atomic E-state index is -0.234. The van der Waals surface area contributed by atoms with E-state index < -0.39 is 0 Å². The fourth-order valence-corrected chi connectivity index (χ4v) is 2.81. The minimum Gasteiger partial charge on any atom is -0.369 e. The van der Waals surface area contributed by atoms with Gasteiger partial charge in [0.15, 0.2) is 5.96 Å². The molecule has 1 aliphatic rings. The molecule has 0 aliphatic carbocycles. The molecule has 2 aromatic carbocycles. The third-order valence-corrected chi connectivity index (χ3v) is 3.83. The predicted octanol–water partition coefficient (Wildman–Crippen LogP) is 3.46. The van der Waals surface area contributed by atoms with Gasteiger partial charge in [-0.2, -0.15) is 0 Å². The Hall–Kier alpha value is -1.88. The van der Waals surface area contributed by atoms with Crippen LogP contribution in [-0.4, -0.2) is 12.5 Å². The van der Waals surface area contributed by atoms with Crippen LogP contribution >= 0.6 is 15.9 Å². The van der Waals surface area contributed by atoms with Crippen LogP contribution in [-0.2, 0) is 0 Å². The van der Waals surface area contributed by atoms with Crippen molar-refractivity contribution in [3.05, 3.63) is 64.4 Å². The fraction of sp³-hybridized carbons (Fsp3) is 0.133. The van der Waals surface area contributed by atoms with Crippen molar-refractivity contribution in [2.75, 3.05) is 11.4 Å². The maximum atomic E-state index is 14.0. The number of anilines is 1. The van der Waals surface area contributed by atoms with E-state index in [0.717, 1.165) is 10.2 Å². The predicted molar refractivity (Wildman–Crippen MR) is 82.3 cm³/mol. The molecule has 2 aromatic rings. The van der Waals surface area contributed by atoms with Gasteiger partial charge in [-0.1, -0.05) is 40.2 Å². The fourth-order valence-electron chi connectivity index (χ4n) is 2.42. The van der Waals surface area contributed by atoms with Crippen LogP contribution in [0.1, 0.15) is 11.6 Å². The average molecular weight is 334 g/mol. The van der Waals surface area contributed by atoms with Crippen LogP contribution in [0.2, 0.25) is 0 Å². The highest BCUT2D eigenvalue weighted by Crippen LogP contribution is 2.33. The second-order valence-electron chi connectivity index (χ2n) is 4.59. The van der Waals surface area contributed by atoms with E-state index in [1.807, 2.05) is 35.2 Å². The number of hydrogen-bond donors (Lipinski definition) is 1. The summed E-state index contributed by atoms with van der Waals surface area (Å²) in [6, 6.07) is 14.3. The number of nitrogens with two attached hydrogens (primary N) is 1. The molecule has 1 heterocycles. The van der Waals surface area contributed by atoms with Gasteiger partial charge in [0.05, 0.1) is 12.6 Å². The first-order chi connectivity index (χ1) is 9.66. The molecule has 102 valence electrons. The van der Waals surface area contributed by atoms with E-state index in [1.54, 1.807) is 12.1 Å². The molecule has 0 saturated carbocycles. The lowest BCUT2D eigenvalue weighted by Crippen LogP contribution is -2.36. The van der Waals surface area contributed by atoms with Gasteiger partial charge in [-0.15, -0.1) is 0 Å². The molecule has 0 aromatic heterocycles. The SMILES string of the molecule is NC1=NCC(c2ccccc2F)N1c1cccc(Br)c1. The van der Waals surface area contributed by atoms with E-state index in [9.17, 15) is 4.39 Å². The van der Waals surface area contributed by atoms with Crippen molar-refractivity contribution in [2.24, 2.45) is 10.7 Å². The van der Waals surface area contributed by atoms with Crippen LogP contribution in [0.15, 0.2) is 58.0 Å². The second kappa shape index (κ2) is 5.25. The van der Waals surface area contributed by atoms with Gasteiger partial charge in [0.1, 0.15) is 5.82 Å². The third kappa shape index (κ3) is 2.29. The van der Waals surface area contributed by atoms with Crippen molar-refractivity contribution in [1.29, 1.82) is 0 Å². The number of benzene rings is 2. The van der Waals surface area contributed by atoms with Crippen molar-refractivity contribution < 1.29 is 4.39 Å². The molecule has 5 heteroatoms. The summed E-state index contributed by atoms with van der Waals surface area (Å²) < 4.78 is 15.0. The Bertz CT molecular complexity index is 672. The van der Waals surface area contributed by atoms with Crippen LogP contribution in [0.25, 0.3) is 0 Å². The number of nitrogens with zero attached hydrogens (tertiary/aromatic N) is 2. The molecule has 0 radical (unpaired) electrons. The molecule has 3 rings (SSSR count). The monoisotopic (exact) mass is 333 g/mol. The van der Waals surface area contributed by atoms with E-state index in [-0.39, 0.29) is 11.9 Å². The van der Waals surface area contributed by atoms with Crippen LogP contribution in [0.4, 0.5) is 10.1 Å². The lowest BCUT2D eigenvalue weighted by atomic mass is 10.0. The largest absolute Gasteiger partial charge is 0.369 e. The molecule has 0 bridgehead atoms. The Morgan fingerprint density at radius 1 is 1.20 bits per heavy atom. The topological polar surface area (TPSA) is 41.6 Å². The van der Waals surface area contributed by atoms with E-state index >= 15 is 0 Å². The van der Waals surface area contributed by atoms with Crippen molar-refractivity contribution in [2.45, 2.75) is 6.04 Å². The zero-order valence-electron chi connectivity index (χ0n) is 10.6. The molecule has 1 aliphatic heterocycles. The van der Waals surface area contributed by atoms with Crippen molar-refractivity contribution in [3.63, 3.8) is 0 Å². The smallest absolute Gasteiger partial charge is 0.196 e. The number of rotatable bonds is 2. The highest BCUT2D eigenvalue weighted by atomic mass is 79.9. The van der Waals surface area contributed by atoms with Gasteiger partial charge < -0.3 is 10.6 Å². The lowest BCUT2D eigenvalue weighted by Gasteiger charge is -2.27. The second-order valence-corrected chi connectivity index (χ2v) is 5.50. The highest BCUT2D eigenvalue weighted by Gasteiger charge is 2.30. The summed E-state index contributed by atoms with van der Waals surface area (Å²) in [5.74, 6) is 0.179. The molecule has 2 N–H and O–H groups in total. The van der Waals surface area contributed by atoms with Crippen molar-refractivity contribution in [1.82, 2.24) is 0 Å². The summed E-state index contributed by atoms with van der Waals surface area (Å²) in [5.41, 5.74) is 7.48. The maximum absolute atomic E-state index is 14.0. The minimum absolute atomic E-state index is 0.203. The Labute approximate surface area is 125 Å². The maximum Gasteiger partial charge on any atom is 0.196 e. The molecule has 0 saturated heterocycles. The van der Waals surface area contributed by atoms with Gasteiger partial charge in [0, 0.05) is 15.7 Å². The summed E-state index contributed by atoms with van der Waals surface area (Å²) in [7, 11) is 0. The first-order valence-corrected chi connectivity index (χ1v) is 7.05. The summed E-state index contributed by atoms with van der Waals surface area (Å²) >= 11 is 3.44. The Morgan fingerprint density at radius 2 is 2.00 bits per heavy atom. The first-order valence-electron chi connectivity index (χ1n) is 6.26. The highest BCUT2D eigenvalue weighted by molar-refractivity contribution is 9.10. The number of halogens is 2. The molecule has 1 unspecified atom stereocenters. The Balaban J connectivity index is 2.03. The first kappa shape index (κ1) is 13.1. The number of aliphatic imine (C=N–C) groups is 1. The average Bonchev–Trinajstić information content (AvgIpc) is 2.81. The summed E-state index contributed by atoms with van der Waals surface area (Å²) in [6.45, 7) is 0.458. The molecule has 0 spiro atoms. The van der Waals surface area contributed by atoms with Crippen LogP contribution in [0, 0.1) is 5.82 Å². The van der Waals surface area contributed by atoms with Gasteiger partial charge in [-0.05, 0) is 24.3 Å². The molecule has 0 fully saturated rings. The summed E-state index contributed by atoms with van der Waals surface area (Å²) in [5, 5.41) is 0. The number of hydrogen-bond acceptors (Lipinski definition) is 3. The van der Waals surface area contributed by atoms with E-state index in [0.29, 0.717) is 18.1 Å².